The fourth-order valence-electron chi connectivity index (χ4n) is 4.31. The maximum atomic E-state index is 13.5. The van der Waals surface area contributed by atoms with Crippen LogP contribution in [0.3, 0.4) is 0 Å². The third kappa shape index (κ3) is 7.93. The van der Waals surface area contributed by atoms with E-state index in [9.17, 15) is 9.59 Å². The van der Waals surface area contributed by atoms with E-state index < -0.39 is 6.04 Å². The second kappa shape index (κ2) is 14.0. The van der Waals surface area contributed by atoms with Crippen LogP contribution in [-0.4, -0.2) is 34.6 Å². The lowest BCUT2D eigenvalue weighted by molar-refractivity contribution is -0.139. The highest BCUT2D eigenvalue weighted by atomic mass is 35.5. The number of nitrogens with zero attached hydrogens (tertiary/aromatic N) is 1. The van der Waals surface area contributed by atoms with E-state index in [1.54, 1.807) is 41.3 Å². The highest BCUT2D eigenvalue weighted by Crippen LogP contribution is 2.30. The molecule has 0 bridgehead atoms. The zero-order valence-electron chi connectivity index (χ0n) is 19.7. The molecule has 0 heterocycles. The Kier molecular flexibility index (Phi) is 11.4. The standard InChI is InChI=1S/C26H30Cl4N2O2S/c1-2-24(26(34)31-17-8-4-3-5-9-17)32(14-18-20(27)10-6-11-21(18)28)25(33)16-35-15-19-22(29)12-7-13-23(19)30/h6-7,10-13,17,24H,2-5,8-9,14-16H2,1H3,(H,31,34)/t24-/m0/s1. The van der Waals surface area contributed by atoms with Crippen LogP contribution in [0.25, 0.3) is 0 Å². The van der Waals surface area contributed by atoms with Crippen LogP contribution >= 0.6 is 58.2 Å². The first-order valence-electron chi connectivity index (χ1n) is 11.8. The van der Waals surface area contributed by atoms with Crippen molar-refractivity contribution < 1.29 is 9.59 Å². The summed E-state index contributed by atoms with van der Waals surface area (Å²) in [5, 5.41) is 5.24. The van der Waals surface area contributed by atoms with Crippen molar-refractivity contribution in [2.75, 3.05) is 5.75 Å². The van der Waals surface area contributed by atoms with Crippen molar-refractivity contribution in [3.63, 3.8) is 0 Å². The third-order valence-corrected chi connectivity index (χ3v) is 8.62. The Bertz CT molecular complexity index is 990. The van der Waals surface area contributed by atoms with E-state index >= 15 is 0 Å². The first-order chi connectivity index (χ1) is 16.8. The number of carbonyl (C=O) groups is 2. The molecule has 1 atom stereocenters. The van der Waals surface area contributed by atoms with Crippen molar-refractivity contribution in [3.05, 3.63) is 67.6 Å². The minimum atomic E-state index is -0.624. The fraction of sp³-hybridized carbons (Fsp3) is 0.462. The van der Waals surface area contributed by atoms with Gasteiger partial charge in [0.25, 0.3) is 0 Å². The molecule has 190 valence electrons. The van der Waals surface area contributed by atoms with Gasteiger partial charge < -0.3 is 10.2 Å². The molecule has 0 unspecified atom stereocenters. The number of halogens is 4. The Labute approximate surface area is 232 Å². The summed E-state index contributed by atoms with van der Waals surface area (Å²) in [4.78, 5) is 28.4. The van der Waals surface area contributed by atoms with Gasteiger partial charge in [0.15, 0.2) is 0 Å². The second-order valence-electron chi connectivity index (χ2n) is 8.68. The molecule has 1 aliphatic carbocycles. The van der Waals surface area contributed by atoms with E-state index in [0.717, 1.165) is 31.2 Å². The van der Waals surface area contributed by atoms with Crippen molar-refractivity contribution in [2.45, 2.75) is 69.8 Å². The number of benzene rings is 2. The SMILES string of the molecule is CC[C@@H](C(=O)NC1CCCCC1)N(Cc1c(Cl)cccc1Cl)C(=O)CSCc1c(Cl)cccc1Cl. The van der Waals surface area contributed by atoms with Crippen molar-refractivity contribution in [2.24, 2.45) is 0 Å². The third-order valence-electron chi connectivity index (χ3n) is 6.26. The molecule has 35 heavy (non-hydrogen) atoms. The van der Waals surface area contributed by atoms with Crippen LogP contribution in [0.1, 0.15) is 56.6 Å². The van der Waals surface area contributed by atoms with Gasteiger partial charge in [0, 0.05) is 44.0 Å². The van der Waals surface area contributed by atoms with Crippen LogP contribution in [0.15, 0.2) is 36.4 Å². The van der Waals surface area contributed by atoms with Crippen molar-refractivity contribution >= 4 is 70.0 Å². The van der Waals surface area contributed by atoms with Crippen LogP contribution in [0.2, 0.25) is 20.1 Å². The average Bonchev–Trinajstić information content (AvgIpc) is 2.83. The van der Waals surface area contributed by atoms with Gasteiger partial charge in [-0.3, -0.25) is 9.59 Å². The van der Waals surface area contributed by atoms with Gasteiger partial charge in [0.05, 0.1) is 5.75 Å². The summed E-state index contributed by atoms with van der Waals surface area (Å²) in [7, 11) is 0. The molecular weight excluding hydrogens is 546 g/mol. The molecule has 0 saturated heterocycles. The summed E-state index contributed by atoms with van der Waals surface area (Å²) in [6, 6.07) is 10.1. The quantitative estimate of drug-likeness (QED) is 0.314. The number of carbonyl (C=O) groups excluding carboxylic acids is 2. The molecule has 4 nitrogen and oxygen atoms in total. The lowest BCUT2D eigenvalue weighted by Gasteiger charge is -2.33. The number of rotatable bonds is 10. The molecule has 0 radical (unpaired) electrons. The molecule has 2 aromatic carbocycles. The van der Waals surface area contributed by atoms with Crippen LogP contribution in [0, 0.1) is 0 Å². The predicted octanol–water partition coefficient (Wildman–Crippen LogP) is 7.79. The molecule has 1 N–H and O–H groups in total. The zero-order chi connectivity index (χ0) is 25.4. The summed E-state index contributed by atoms with van der Waals surface area (Å²) < 4.78 is 0. The van der Waals surface area contributed by atoms with Gasteiger partial charge in [-0.25, -0.2) is 0 Å². The summed E-state index contributed by atoms with van der Waals surface area (Å²) in [6.07, 6.45) is 5.85. The maximum absolute atomic E-state index is 13.5. The highest BCUT2D eigenvalue weighted by molar-refractivity contribution is 7.99. The molecule has 0 spiro atoms. The summed E-state index contributed by atoms with van der Waals surface area (Å²) >= 11 is 26.8. The lowest BCUT2D eigenvalue weighted by atomic mass is 9.95. The number of hydrogen-bond acceptors (Lipinski definition) is 3. The molecule has 2 aromatic rings. The van der Waals surface area contributed by atoms with E-state index in [2.05, 4.69) is 5.32 Å². The van der Waals surface area contributed by atoms with Crippen molar-refractivity contribution in [1.29, 1.82) is 0 Å². The second-order valence-corrected chi connectivity index (χ2v) is 11.3. The van der Waals surface area contributed by atoms with E-state index in [0.29, 0.717) is 37.8 Å². The molecule has 2 amide bonds. The average molecular weight is 576 g/mol. The Morgan fingerprint density at radius 2 is 1.49 bits per heavy atom. The van der Waals surface area contributed by atoms with E-state index in [1.165, 1.54) is 18.2 Å². The van der Waals surface area contributed by atoms with Gasteiger partial charge in [0.2, 0.25) is 11.8 Å². The van der Waals surface area contributed by atoms with Gasteiger partial charge in [-0.05, 0) is 49.1 Å². The first kappa shape index (κ1) is 28.5. The van der Waals surface area contributed by atoms with Crippen LogP contribution in [0.5, 0.6) is 0 Å². The van der Waals surface area contributed by atoms with Crippen molar-refractivity contribution in [3.8, 4) is 0 Å². The zero-order valence-corrected chi connectivity index (χ0v) is 23.5. The Hall–Kier alpha value is -1.11. The van der Waals surface area contributed by atoms with E-state index in [1.807, 2.05) is 6.92 Å². The molecular formula is C26H30Cl4N2O2S. The monoisotopic (exact) mass is 574 g/mol. The summed E-state index contributed by atoms with van der Waals surface area (Å²) in [5.74, 6) is 0.349. The van der Waals surface area contributed by atoms with Gasteiger partial charge >= 0.3 is 0 Å². The van der Waals surface area contributed by atoms with Crippen molar-refractivity contribution in [1.82, 2.24) is 10.2 Å². The highest BCUT2D eigenvalue weighted by Gasteiger charge is 2.31. The number of thioether (sulfide) groups is 1. The fourth-order valence-corrected chi connectivity index (χ4v) is 6.48. The number of nitrogens with one attached hydrogen (secondary N) is 1. The molecule has 1 aliphatic rings. The first-order valence-corrected chi connectivity index (χ1v) is 14.5. The molecule has 3 rings (SSSR count). The van der Waals surface area contributed by atoms with Crippen LogP contribution < -0.4 is 5.32 Å². The smallest absolute Gasteiger partial charge is 0.243 e. The van der Waals surface area contributed by atoms with Gasteiger partial charge in [-0.1, -0.05) is 84.7 Å². The largest absolute Gasteiger partial charge is 0.352 e. The summed E-state index contributed by atoms with van der Waals surface area (Å²) in [5.41, 5.74) is 1.42. The molecule has 1 fully saturated rings. The molecule has 1 saturated carbocycles. The lowest BCUT2D eigenvalue weighted by Crippen LogP contribution is -2.52. The van der Waals surface area contributed by atoms with Gasteiger partial charge in [-0.15, -0.1) is 11.8 Å². The van der Waals surface area contributed by atoms with E-state index in [-0.39, 0.29) is 30.2 Å². The molecule has 0 aliphatic heterocycles. The Balaban J connectivity index is 1.77. The summed E-state index contributed by atoms with van der Waals surface area (Å²) in [6.45, 7) is 2.07. The topological polar surface area (TPSA) is 49.4 Å². The van der Waals surface area contributed by atoms with Crippen LogP contribution in [0.4, 0.5) is 0 Å². The Morgan fingerprint density at radius 1 is 0.943 bits per heavy atom. The molecule has 9 heteroatoms. The Morgan fingerprint density at radius 3 is 2.03 bits per heavy atom. The van der Waals surface area contributed by atoms with Gasteiger partial charge in [0.1, 0.15) is 6.04 Å². The minimum Gasteiger partial charge on any atom is -0.352 e. The van der Waals surface area contributed by atoms with E-state index in [4.69, 9.17) is 46.4 Å². The number of amides is 2. The normalized spacial score (nSPS) is 15.0. The molecule has 0 aromatic heterocycles. The minimum absolute atomic E-state index is 0.130. The maximum Gasteiger partial charge on any atom is 0.243 e. The number of hydrogen-bond donors (Lipinski definition) is 1. The predicted molar refractivity (Wildman–Crippen MR) is 149 cm³/mol. The van der Waals surface area contributed by atoms with Crippen LogP contribution in [-0.2, 0) is 21.9 Å². The van der Waals surface area contributed by atoms with Gasteiger partial charge in [-0.2, -0.15) is 0 Å².